The van der Waals surface area contributed by atoms with E-state index in [0.717, 1.165) is 5.56 Å². The molecule has 0 fully saturated rings. The molecule has 0 spiro atoms. The highest BCUT2D eigenvalue weighted by molar-refractivity contribution is 6.03. The monoisotopic (exact) mass is 240 g/mol. The molecule has 0 bridgehead atoms. The Morgan fingerprint density at radius 1 is 1.11 bits per heavy atom. The first-order valence-electron chi connectivity index (χ1n) is 5.93. The van der Waals surface area contributed by atoms with Gasteiger partial charge in [-0.25, -0.2) is 0 Å². The van der Waals surface area contributed by atoms with Gasteiger partial charge in [0.1, 0.15) is 11.9 Å². The van der Waals surface area contributed by atoms with E-state index in [4.69, 9.17) is 4.74 Å². The van der Waals surface area contributed by atoms with Gasteiger partial charge in [-0.05, 0) is 6.08 Å². The second-order valence-electron chi connectivity index (χ2n) is 4.49. The predicted molar refractivity (Wildman–Crippen MR) is 66.6 cm³/mol. The molecule has 1 aromatic rings. The van der Waals surface area contributed by atoms with Gasteiger partial charge >= 0.3 is 0 Å². The van der Waals surface area contributed by atoms with Gasteiger partial charge < -0.3 is 4.74 Å². The number of ketones is 2. The van der Waals surface area contributed by atoms with Crippen molar-refractivity contribution >= 4 is 17.3 Å². The van der Waals surface area contributed by atoms with Crippen molar-refractivity contribution in [1.82, 2.24) is 0 Å². The van der Waals surface area contributed by atoms with Gasteiger partial charge in [-0.2, -0.15) is 0 Å². The Labute approximate surface area is 105 Å². The molecule has 90 valence electrons. The second-order valence-corrected chi connectivity index (χ2v) is 4.49. The fraction of sp³-hybridized carbons (Fsp3) is 0.200. The van der Waals surface area contributed by atoms with Gasteiger partial charge in [0, 0.05) is 18.1 Å². The van der Waals surface area contributed by atoms with Crippen molar-refractivity contribution < 1.29 is 14.3 Å². The molecule has 1 aliphatic heterocycles. The summed E-state index contributed by atoms with van der Waals surface area (Å²) >= 11 is 0. The van der Waals surface area contributed by atoms with Crippen LogP contribution >= 0.6 is 0 Å². The Bertz CT molecular complexity index is 554. The molecule has 0 amide bonds. The largest absolute Gasteiger partial charge is 0.488 e. The fourth-order valence-corrected chi connectivity index (χ4v) is 2.30. The molecule has 1 aliphatic carbocycles. The third kappa shape index (κ3) is 1.88. The van der Waals surface area contributed by atoms with Crippen molar-refractivity contribution in [3.63, 3.8) is 0 Å². The number of ether oxygens (including phenoxy) is 1. The van der Waals surface area contributed by atoms with Crippen molar-refractivity contribution in [1.29, 1.82) is 0 Å². The quantitative estimate of drug-likeness (QED) is 0.755. The Kier molecular flexibility index (Phi) is 2.59. The minimum Gasteiger partial charge on any atom is -0.488 e. The van der Waals surface area contributed by atoms with E-state index in [1.54, 1.807) is 6.08 Å². The first-order valence-corrected chi connectivity index (χ1v) is 5.93. The van der Waals surface area contributed by atoms with Crippen LogP contribution in [0.4, 0.5) is 0 Å². The highest BCUT2D eigenvalue weighted by Gasteiger charge is 2.35. The lowest BCUT2D eigenvalue weighted by Gasteiger charge is -2.31. The van der Waals surface area contributed by atoms with E-state index < -0.39 is 0 Å². The summed E-state index contributed by atoms with van der Waals surface area (Å²) in [5.41, 5.74) is 0.867. The standard InChI is InChI=1S/C15H12O3/c16-11-6-7-12-13(17)9-14(18-15(12)8-11)10-4-2-1-3-5-10/h1-7,9,12,15H,8H2/t12-,15-/m0/s1. The van der Waals surface area contributed by atoms with Crippen LogP contribution in [0, 0.1) is 5.92 Å². The maximum Gasteiger partial charge on any atom is 0.169 e. The van der Waals surface area contributed by atoms with E-state index in [0.29, 0.717) is 5.76 Å². The Hall–Kier alpha value is -2.16. The SMILES string of the molecule is O=C1C=C[C@H]2C(=O)C=C(c3ccccc3)O[C@H]2C1. The summed E-state index contributed by atoms with van der Waals surface area (Å²) in [4.78, 5) is 23.4. The summed E-state index contributed by atoms with van der Waals surface area (Å²) in [5.74, 6) is 0.271. The molecule has 0 N–H and O–H groups in total. The van der Waals surface area contributed by atoms with E-state index in [2.05, 4.69) is 0 Å². The third-order valence-electron chi connectivity index (χ3n) is 3.23. The third-order valence-corrected chi connectivity index (χ3v) is 3.23. The smallest absolute Gasteiger partial charge is 0.169 e. The molecule has 0 unspecified atom stereocenters. The average molecular weight is 240 g/mol. The first kappa shape index (κ1) is 11.0. The molecule has 3 rings (SSSR count). The second kappa shape index (κ2) is 4.26. The van der Waals surface area contributed by atoms with Crippen LogP contribution in [0.15, 0.2) is 48.6 Å². The molecule has 0 aromatic heterocycles. The van der Waals surface area contributed by atoms with E-state index >= 15 is 0 Å². The van der Waals surface area contributed by atoms with Crippen LogP contribution < -0.4 is 0 Å². The molecule has 3 heteroatoms. The molecule has 2 aliphatic rings. The molecule has 18 heavy (non-hydrogen) atoms. The van der Waals surface area contributed by atoms with Crippen molar-refractivity contribution in [3.05, 3.63) is 54.1 Å². The van der Waals surface area contributed by atoms with Gasteiger partial charge in [0.2, 0.25) is 0 Å². The average Bonchev–Trinajstić information content (AvgIpc) is 2.39. The van der Waals surface area contributed by atoms with E-state index in [9.17, 15) is 9.59 Å². The number of hydrogen-bond acceptors (Lipinski definition) is 3. The van der Waals surface area contributed by atoms with Crippen LogP contribution in [0.1, 0.15) is 12.0 Å². The van der Waals surface area contributed by atoms with Crippen LogP contribution in [-0.2, 0) is 14.3 Å². The lowest BCUT2D eigenvalue weighted by atomic mass is 9.86. The zero-order valence-corrected chi connectivity index (χ0v) is 9.71. The summed E-state index contributed by atoms with van der Waals surface area (Å²) in [6.07, 6.45) is 4.57. The van der Waals surface area contributed by atoms with E-state index in [1.807, 2.05) is 30.3 Å². The van der Waals surface area contributed by atoms with Gasteiger partial charge in [-0.1, -0.05) is 36.4 Å². The maximum absolute atomic E-state index is 12.0. The van der Waals surface area contributed by atoms with E-state index in [1.165, 1.54) is 12.2 Å². The van der Waals surface area contributed by atoms with Crippen LogP contribution in [0.3, 0.4) is 0 Å². The van der Waals surface area contributed by atoms with Gasteiger partial charge in [-0.15, -0.1) is 0 Å². The number of rotatable bonds is 1. The highest BCUT2D eigenvalue weighted by Crippen LogP contribution is 2.31. The molecule has 1 heterocycles. The van der Waals surface area contributed by atoms with Crippen molar-refractivity contribution in [2.75, 3.05) is 0 Å². The number of carbonyl (C=O) groups excluding carboxylic acids is 2. The predicted octanol–water partition coefficient (Wildman–Crippen LogP) is 2.14. The van der Waals surface area contributed by atoms with Gasteiger partial charge in [0.25, 0.3) is 0 Å². The molecule has 0 saturated heterocycles. The topological polar surface area (TPSA) is 43.4 Å². The lowest BCUT2D eigenvalue weighted by molar-refractivity contribution is -0.124. The Morgan fingerprint density at radius 2 is 1.89 bits per heavy atom. The normalized spacial score (nSPS) is 26.3. The van der Waals surface area contributed by atoms with Gasteiger partial charge in [0.15, 0.2) is 11.6 Å². The Morgan fingerprint density at radius 3 is 2.67 bits per heavy atom. The molecular weight excluding hydrogens is 228 g/mol. The molecule has 2 atom stereocenters. The summed E-state index contributed by atoms with van der Waals surface area (Å²) in [6, 6.07) is 9.47. The number of allylic oxidation sites excluding steroid dienone is 2. The zero-order chi connectivity index (χ0) is 12.5. The minimum atomic E-state index is -0.352. The van der Waals surface area contributed by atoms with Crippen LogP contribution in [-0.4, -0.2) is 17.7 Å². The molecule has 1 aromatic carbocycles. The zero-order valence-electron chi connectivity index (χ0n) is 9.71. The Balaban J connectivity index is 1.94. The van der Waals surface area contributed by atoms with Crippen molar-refractivity contribution in [2.45, 2.75) is 12.5 Å². The number of hydrogen-bond donors (Lipinski definition) is 0. The van der Waals surface area contributed by atoms with Crippen LogP contribution in [0.25, 0.3) is 5.76 Å². The number of fused-ring (bicyclic) bond motifs is 1. The number of benzene rings is 1. The van der Waals surface area contributed by atoms with Crippen molar-refractivity contribution in [2.24, 2.45) is 5.92 Å². The number of carbonyl (C=O) groups is 2. The first-order chi connectivity index (χ1) is 8.74. The van der Waals surface area contributed by atoms with E-state index in [-0.39, 0.29) is 30.0 Å². The van der Waals surface area contributed by atoms with Crippen LogP contribution in [0.2, 0.25) is 0 Å². The fourth-order valence-electron chi connectivity index (χ4n) is 2.30. The molecule has 0 radical (unpaired) electrons. The van der Waals surface area contributed by atoms with Gasteiger partial charge in [0.05, 0.1) is 5.92 Å². The lowest BCUT2D eigenvalue weighted by Crippen LogP contribution is -2.36. The summed E-state index contributed by atoms with van der Waals surface area (Å²) in [6.45, 7) is 0. The summed E-state index contributed by atoms with van der Waals surface area (Å²) in [5, 5.41) is 0. The summed E-state index contributed by atoms with van der Waals surface area (Å²) < 4.78 is 5.79. The molecular formula is C15H12O3. The molecule has 3 nitrogen and oxygen atoms in total. The van der Waals surface area contributed by atoms with Crippen molar-refractivity contribution in [3.8, 4) is 0 Å². The maximum atomic E-state index is 12.0. The van der Waals surface area contributed by atoms with Gasteiger partial charge in [-0.3, -0.25) is 9.59 Å². The van der Waals surface area contributed by atoms with Crippen LogP contribution in [0.5, 0.6) is 0 Å². The minimum absolute atomic E-state index is 0.00820. The summed E-state index contributed by atoms with van der Waals surface area (Å²) in [7, 11) is 0. The highest BCUT2D eigenvalue weighted by atomic mass is 16.5. The molecule has 0 saturated carbocycles.